The fourth-order valence-corrected chi connectivity index (χ4v) is 3.67. The van der Waals surface area contributed by atoms with E-state index < -0.39 is 22.0 Å². The molecular formula is C14H19NO6S. The Morgan fingerprint density at radius 2 is 2.00 bits per heavy atom. The Hall–Kier alpha value is -1.80. The SMILES string of the molecule is CCCC[C@H](NS(=O)(=O)c1cc2c(cc1C)OCO2)C(=O)O. The number of hydrogen-bond acceptors (Lipinski definition) is 5. The molecule has 2 rings (SSSR count). The average Bonchev–Trinajstić information content (AvgIpc) is 2.89. The number of rotatable bonds is 7. The number of hydrogen-bond donors (Lipinski definition) is 2. The first-order valence-electron chi connectivity index (χ1n) is 7.00. The second-order valence-electron chi connectivity index (χ2n) is 5.13. The van der Waals surface area contributed by atoms with Gasteiger partial charge in [0.25, 0.3) is 0 Å². The van der Waals surface area contributed by atoms with E-state index in [4.69, 9.17) is 14.6 Å². The zero-order chi connectivity index (χ0) is 16.3. The highest BCUT2D eigenvalue weighted by atomic mass is 32.2. The van der Waals surface area contributed by atoms with Gasteiger partial charge in [-0.3, -0.25) is 4.79 Å². The van der Waals surface area contributed by atoms with Crippen LogP contribution >= 0.6 is 0 Å². The van der Waals surface area contributed by atoms with E-state index in [9.17, 15) is 13.2 Å². The molecule has 0 saturated carbocycles. The van der Waals surface area contributed by atoms with Crippen molar-refractivity contribution >= 4 is 16.0 Å². The lowest BCUT2D eigenvalue weighted by molar-refractivity contribution is -0.139. The number of nitrogens with one attached hydrogen (secondary N) is 1. The van der Waals surface area contributed by atoms with Crippen molar-refractivity contribution in [2.45, 2.75) is 44.0 Å². The standard InChI is InChI=1S/C14H19NO6S/c1-3-4-5-10(14(16)17)15-22(18,19)13-7-12-11(6-9(13)2)20-8-21-12/h6-7,10,15H,3-5,8H2,1-2H3,(H,16,17)/t10-/m0/s1. The van der Waals surface area contributed by atoms with Gasteiger partial charge in [-0.05, 0) is 25.0 Å². The van der Waals surface area contributed by atoms with E-state index in [1.54, 1.807) is 13.0 Å². The molecule has 0 bridgehead atoms. The fraction of sp³-hybridized carbons (Fsp3) is 0.500. The molecule has 0 spiro atoms. The molecule has 1 aliphatic heterocycles. The van der Waals surface area contributed by atoms with Gasteiger partial charge in [-0.1, -0.05) is 19.8 Å². The van der Waals surface area contributed by atoms with Crippen molar-refractivity contribution in [2.24, 2.45) is 0 Å². The smallest absolute Gasteiger partial charge is 0.321 e. The van der Waals surface area contributed by atoms with Crippen molar-refractivity contribution in [3.05, 3.63) is 17.7 Å². The van der Waals surface area contributed by atoms with Crippen LogP contribution < -0.4 is 14.2 Å². The summed E-state index contributed by atoms with van der Waals surface area (Å²) in [7, 11) is -3.95. The number of carboxylic acids is 1. The second-order valence-corrected chi connectivity index (χ2v) is 6.81. The summed E-state index contributed by atoms with van der Waals surface area (Å²) in [5.74, 6) is -0.362. The number of sulfonamides is 1. The highest BCUT2D eigenvalue weighted by Crippen LogP contribution is 2.36. The van der Waals surface area contributed by atoms with Gasteiger partial charge in [-0.15, -0.1) is 0 Å². The predicted octanol–water partition coefficient (Wildman–Crippen LogP) is 1.65. The van der Waals surface area contributed by atoms with Crippen molar-refractivity contribution in [1.82, 2.24) is 4.72 Å². The number of benzene rings is 1. The topological polar surface area (TPSA) is 102 Å². The summed E-state index contributed by atoms with van der Waals surface area (Å²) in [6.45, 7) is 3.58. The lowest BCUT2D eigenvalue weighted by atomic mass is 10.1. The highest BCUT2D eigenvalue weighted by molar-refractivity contribution is 7.89. The molecule has 22 heavy (non-hydrogen) atoms. The summed E-state index contributed by atoms with van der Waals surface area (Å²) in [6, 6.07) is 1.78. The van der Waals surface area contributed by atoms with Gasteiger partial charge in [0.05, 0.1) is 4.90 Å². The largest absolute Gasteiger partial charge is 0.480 e. The number of ether oxygens (including phenoxy) is 2. The van der Waals surface area contributed by atoms with Crippen LogP contribution in [0.1, 0.15) is 31.7 Å². The number of fused-ring (bicyclic) bond motifs is 1. The molecule has 0 fully saturated rings. The fourth-order valence-electron chi connectivity index (χ4n) is 2.21. The number of carbonyl (C=O) groups is 1. The van der Waals surface area contributed by atoms with Crippen LogP contribution in [0.15, 0.2) is 17.0 Å². The first kappa shape index (κ1) is 16.6. The van der Waals surface area contributed by atoms with Gasteiger partial charge in [-0.2, -0.15) is 4.72 Å². The number of aryl methyl sites for hydroxylation is 1. The lowest BCUT2D eigenvalue weighted by Gasteiger charge is -2.16. The molecule has 1 aromatic rings. The molecule has 2 N–H and O–H groups in total. The molecule has 0 saturated heterocycles. The number of unbranched alkanes of at least 4 members (excludes halogenated alkanes) is 1. The monoisotopic (exact) mass is 329 g/mol. The molecule has 1 aromatic carbocycles. The summed E-state index contributed by atoms with van der Waals surface area (Å²) in [5, 5.41) is 9.16. The van der Waals surface area contributed by atoms with Crippen LogP contribution in [0.5, 0.6) is 11.5 Å². The lowest BCUT2D eigenvalue weighted by Crippen LogP contribution is -2.40. The summed E-state index contributed by atoms with van der Waals surface area (Å²) in [4.78, 5) is 11.2. The third-order valence-electron chi connectivity index (χ3n) is 3.40. The van der Waals surface area contributed by atoms with Gasteiger partial charge in [0.1, 0.15) is 6.04 Å². The summed E-state index contributed by atoms with van der Waals surface area (Å²) >= 11 is 0. The van der Waals surface area contributed by atoms with E-state index in [0.29, 0.717) is 23.5 Å². The molecule has 0 aromatic heterocycles. The minimum atomic E-state index is -3.95. The van der Waals surface area contributed by atoms with E-state index in [-0.39, 0.29) is 18.1 Å². The minimum Gasteiger partial charge on any atom is -0.480 e. The predicted molar refractivity (Wildman–Crippen MR) is 78.6 cm³/mol. The van der Waals surface area contributed by atoms with E-state index >= 15 is 0 Å². The highest BCUT2D eigenvalue weighted by Gasteiger charge is 2.28. The summed E-state index contributed by atoms with van der Waals surface area (Å²) in [6.07, 6.45) is 1.66. The van der Waals surface area contributed by atoms with Crippen LogP contribution in [-0.4, -0.2) is 32.3 Å². The van der Waals surface area contributed by atoms with Crippen LogP contribution in [0, 0.1) is 6.92 Å². The zero-order valence-corrected chi connectivity index (χ0v) is 13.3. The molecule has 7 nitrogen and oxygen atoms in total. The van der Waals surface area contributed by atoms with Crippen molar-refractivity contribution in [2.75, 3.05) is 6.79 Å². The molecule has 122 valence electrons. The maximum absolute atomic E-state index is 12.5. The third-order valence-corrected chi connectivity index (χ3v) is 5.02. The quantitative estimate of drug-likeness (QED) is 0.788. The van der Waals surface area contributed by atoms with Gasteiger partial charge < -0.3 is 14.6 Å². The molecule has 0 unspecified atom stereocenters. The number of carboxylic acid groups (broad SMARTS) is 1. The Labute approximate surface area is 129 Å². The van der Waals surface area contributed by atoms with Crippen molar-refractivity contribution in [3.63, 3.8) is 0 Å². The van der Waals surface area contributed by atoms with Crippen LogP contribution in [-0.2, 0) is 14.8 Å². The van der Waals surface area contributed by atoms with Gasteiger partial charge in [0, 0.05) is 6.07 Å². The molecule has 0 aliphatic carbocycles. The Morgan fingerprint density at radius 3 is 2.59 bits per heavy atom. The summed E-state index contributed by atoms with van der Waals surface area (Å²) < 4.78 is 37.5. The van der Waals surface area contributed by atoms with Crippen LogP contribution in [0.2, 0.25) is 0 Å². The van der Waals surface area contributed by atoms with Gasteiger partial charge in [0.15, 0.2) is 11.5 Å². The van der Waals surface area contributed by atoms with E-state index in [1.165, 1.54) is 6.07 Å². The molecule has 1 atom stereocenters. The minimum absolute atomic E-state index is 0.000464. The van der Waals surface area contributed by atoms with Crippen LogP contribution in [0.4, 0.5) is 0 Å². The molecule has 1 aliphatic rings. The zero-order valence-electron chi connectivity index (χ0n) is 12.5. The first-order chi connectivity index (χ1) is 10.3. The van der Waals surface area contributed by atoms with Crippen LogP contribution in [0.25, 0.3) is 0 Å². The van der Waals surface area contributed by atoms with Crippen molar-refractivity contribution < 1.29 is 27.8 Å². The van der Waals surface area contributed by atoms with Gasteiger partial charge in [-0.25, -0.2) is 8.42 Å². The summed E-state index contributed by atoms with van der Waals surface area (Å²) in [5.41, 5.74) is 0.469. The maximum atomic E-state index is 12.5. The molecule has 0 amide bonds. The Balaban J connectivity index is 2.28. The van der Waals surface area contributed by atoms with E-state index in [2.05, 4.69) is 4.72 Å². The third kappa shape index (κ3) is 3.50. The van der Waals surface area contributed by atoms with Crippen molar-refractivity contribution in [1.29, 1.82) is 0 Å². The molecular weight excluding hydrogens is 310 g/mol. The Bertz CT molecular complexity index is 670. The average molecular weight is 329 g/mol. The molecule has 0 radical (unpaired) electrons. The Morgan fingerprint density at radius 1 is 1.36 bits per heavy atom. The molecule has 1 heterocycles. The number of aliphatic carboxylic acids is 1. The normalized spacial score (nSPS) is 14.8. The van der Waals surface area contributed by atoms with E-state index in [0.717, 1.165) is 6.42 Å². The van der Waals surface area contributed by atoms with E-state index in [1.807, 2.05) is 6.92 Å². The van der Waals surface area contributed by atoms with Crippen molar-refractivity contribution in [3.8, 4) is 11.5 Å². The Kier molecular flexibility index (Phi) is 4.92. The molecule has 8 heteroatoms. The second kappa shape index (κ2) is 6.53. The first-order valence-corrected chi connectivity index (χ1v) is 8.49. The maximum Gasteiger partial charge on any atom is 0.321 e. The van der Waals surface area contributed by atoms with Gasteiger partial charge in [0.2, 0.25) is 16.8 Å². The van der Waals surface area contributed by atoms with Gasteiger partial charge >= 0.3 is 5.97 Å². The van der Waals surface area contributed by atoms with Crippen LogP contribution in [0.3, 0.4) is 0 Å².